The van der Waals surface area contributed by atoms with Crippen molar-refractivity contribution >= 4 is 18.4 Å². The summed E-state index contributed by atoms with van der Waals surface area (Å²) in [6, 6.07) is 1.20. The van der Waals surface area contributed by atoms with Crippen molar-refractivity contribution in [1.29, 1.82) is 0 Å². The molecule has 3 fully saturated rings. The molecule has 0 spiro atoms. The smallest absolute Gasteiger partial charge is 0.323 e. The van der Waals surface area contributed by atoms with Crippen molar-refractivity contribution in [1.82, 2.24) is 10.6 Å². The van der Waals surface area contributed by atoms with E-state index in [0.29, 0.717) is 24.6 Å². The highest BCUT2D eigenvalue weighted by molar-refractivity contribution is 5.85. The van der Waals surface area contributed by atoms with Gasteiger partial charge >= 0.3 is 5.97 Å². The van der Waals surface area contributed by atoms with Crippen molar-refractivity contribution < 1.29 is 9.53 Å². The SMILES string of the molecule is CCOC(=O)C1CC2C(CN1)NC1CCCCC12.Cl. The first-order chi connectivity index (χ1) is 8.79. The Balaban J connectivity index is 0.00000133. The number of fused-ring (bicyclic) bond motifs is 3. The average Bonchev–Trinajstić information content (AvgIpc) is 2.76. The van der Waals surface area contributed by atoms with E-state index in [2.05, 4.69) is 10.6 Å². The lowest BCUT2D eigenvalue weighted by molar-refractivity contribution is -0.146. The van der Waals surface area contributed by atoms with Crippen LogP contribution < -0.4 is 10.6 Å². The van der Waals surface area contributed by atoms with Crippen LogP contribution in [0.5, 0.6) is 0 Å². The first-order valence-electron chi connectivity index (χ1n) is 7.45. The van der Waals surface area contributed by atoms with Crippen LogP contribution in [0.3, 0.4) is 0 Å². The Morgan fingerprint density at radius 1 is 1.21 bits per heavy atom. The maximum Gasteiger partial charge on any atom is 0.323 e. The molecule has 3 aliphatic rings. The molecule has 5 unspecified atom stereocenters. The number of hydrogen-bond donors (Lipinski definition) is 2. The summed E-state index contributed by atoms with van der Waals surface area (Å²) in [7, 11) is 0. The van der Waals surface area contributed by atoms with E-state index in [4.69, 9.17) is 4.74 Å². The largest absolute Gasteiger partial charge is 0.465 e. The Hall–Kier alpha value is -0.320. The van der Waals surface area contributed by atoms with Crippen molar-refractivity contribution in [3.63, 3.8) is 0 Å². The fourth-order valence-electron chi connectivity index (χ4n) is 4.17. The lowest BCUT2D eigenvalue weighted by Crippen LogP contribution is -2.53. The Kier molecular flexibility index (Phi) is 5.09. The zero-order chi connectivity index (χ0) is 12.5. The van der Waals surface area contributed by atoms with Crippen LogP contribution >= 0.6 is 12.4 Å². The van der Waals surface area contributed by atoms with Crippen molar-refractivity contribution in [2.75, 3.05) is 13.2 Å². The number of carbonyl (C=O) groups excluding carboxylic acids is 1. The zero-order valence-electron chi connectivity index (χ0n) is 11.6. The first-order valence-corrected chi connectivity index (χ1v) is 7.45. The Morgan fingerprint density at radius 3 is 2.79 bits per heavy atom. The van der Waals surface area contributed by atoms with Crippen LogP contribution in [0.4, 0.5) is 0 Å². The minimum atomic E-state index is -0.0753. The molecule has 2 aliphatic heterocycles. The van der Waals surface area contributed by atoms with E-state index in [1.807, 2.05) is 6.92 Å². The second-order valence-electron chi connectivity index (χ2n) is 5.94. The molecule has 1 aliphatic carbocycles. The van der Waals surface area contributed by atoms with Crippen LogP contribution in [0.2, 0.25) is 0 Å². The third-order valence-corrected chi connectivity index (χ3v) is 4.98. The average molecular weight is 289 g/mol. The fraction of sp³-hybridized carbons (Fsp3) is 0.929. The highest BCUT2D eigenvalue weighted by atomic mass is 35.5. The number of hydrogen-bond acceptors (Lipinski definition) is 4. The maximum atomic E-state index is 11.8. The summed E-state index contributed by atoms with van der Waals surface area (Å²) >= 11 is 0. The van der Waals surface area contributed by atoms with E-state index < -0.39 is 0 Å². The van der Waals surface area contributed by atoms with E-state index in [1.54, 1.807) is 0 Å². The summed E-state index contributed by atoms with van der Waals surface area (Å²) in [6.07, 6.45) is 6.35. The van der Waals surface area contributed by atoms with E-state index in [1.165, 1.54) is 25.7 Å². The molecular weight excluding hydrogens is 264 g/mol. The van der Waals surface area contributed by atoms with Gasteiger partial charge < -0.3 is 15.4 Å². The molecule has 0 amide bonds. The van der Waals surface area contributed by atoms with Gasteiger partial charge in [-0.2, -0.15) is 0 Å². The Labute approximate surface area is 121 Å². The molecule has 0 bridgehead atoms. The highest BCUT2D eigenvalue weighted by Crippen LogP contribution is 2.41. The van der Waals surface area contributed by atoms with E-state index in [0.717, 1.165) is 18.9 Å². The van der Waals surface area contributed by atoms with Crippen LogP contribution in [0.15, 0.2) is 0 Å². The van der Waals surface area contributed by atoms with Crippen LogP contribution in [-0.2, 0) is 9.53 Å². The van der Waals surface area contributed by atoms with Gasteiger partial charge in [0.1, 0.15) is 6.04 Å². The van der Waals surface area contributed by atoms with Gasteiger partial charge in [0.2, 0.25) is 0 Å². The summed E-state index contributed by atoms with van der Waals surface area (Å²) in [6.45, 7) is 3.27. The van der Waals surface area contributed by atoms with Gasteiger partial charge in [0.25, 0.3) is 0 Å². The summed E-state index contributed by atoms with van der Waals surface area (Å²) in [5.41, 5.74) is 0. The molecule has 5 atom stereocenters. The summed E-state index contributed by atoms with van der Waals surface area (Å²) in [5.74, 6) is 1.41. The van der Waals surface area contributed by atoms with Crippen molar-refractivity contribution in [2.45, 2.75) is 57.2 Å². The predicted octanol–water partition coefficient (Wildman–Crippen LogP) is 1.48. The molecular formula is C14H25ClN2O2. The molecule has 2 saturated heterocycles. The number of carbonyl (C=O) groups is 1. The Bertz CT molecular complexity index is 327. The molecule has 0 aromatic carbocycles. The number of esters is 1. The molecule has 2 N–H and O–H groups in total. The number of halogens is 1. The van der Waals surface area contributed by atoms with Crippen LogP contribution in [0.25, 0.3) is 0 Å². The van der Waals surface area contributed by atoms with Gasteiger partial charge in [-0.05, 0) is 38.0 Å². The molecule has 19 heavy (non-hydrogen) atoms. The summed E-state index contributed by atoms with van der Waals surface area (Å²) in [5, 5.41) is 7.12. The second kappa shape index (κ2) is 6.42. The van der Waals surface area contributed by atoms with Gasteiger partial charge in [-0.1, -0.05) is 12.8 Å². The normalized spacial score (nSPS) is 40.8. The monoisotopic (exact) mass is 288 g/mol. The zero-order valence-corrected chi connectivity index (χ0v) is 12.4. The van der Waals surface area contributed by atoms with Gasteiger partial charge in [-0.15, -0.1) is 12.4 Å². The molecule has 4 nitrogen and oxygen atoms in total. The lowest BCUT2D eigenvalue weighted by atomic mass is 9.74. The van der Waals surface area contributed by atoms with Crippen LogP contribution in [0.1, 0.15) is 39.0 Å². The summed E-state index contributed by atoms with van der Waals surface area (Å²) < 4.78 is 5.14. The molecule has 5 heteroatoms. The third-order valence-electron chi connectivity index (χ3n) is 4.98. The Morgan fingerprint density at radius 2 is 2.00 bits per heavy atom. The van der Waals surface area contributed by atoms with Gasteiger partial charge in [-0.3, -0.25) is 4.79 Å². The number of ether oxygens (including phenoxy) is 1. The fourth-order valence-corrected chi connectivity index (χ4v) is 4.17. The molecule has 0 aromatic rings. The van der Waals surface area contributed by atoms with E-state index in [9.17, 15) is 4.79 Å². The first kappa shape index (κ1) is 15.1. The highest BCUT2D eigenvalue weighted by Gasteiger charge is 2.47. The van der Waals surface area contributed by atoms with Crippen molar-refractivity contribution in [3.8, 4) is 0 Å². The maximum absolute atomic E-state index is 11.8. The molecule has 1 saturated carbocycles. The molecule has 3 rings (SSSR count). The molecule has 0 aromatic heterocycles. The topological polar surface area (TPSA) is 50.4 Å². The number of nitrogens with one attached hydrogen (secondary N) is 2. The quantitative estimate of drug-likeness (QED) is 0.756. The minimum absolute atomic E-state index is 0. The summed E-state index contributed by atoms with van der Waals surface area (Å²) in [4.78, 5) is 11.8. The minimum Gasteiger partial charge on any atom is -0.465 e. The molecule has 2 heterocycles. The number of rotatable bonds is 2. The van der Waals surface area contributed by atoms with Crippen molar-refractivity contribution in [2.24, 2.45) is 11.8 Å². The van der Waals surface area contributed by atoms with Crippen LogP contribution in [0, 0.1) is 11.8 Å². The predicted molar refractivity (Wildman–Crippen MR) is 76.4 cm³/mol. The lowest BCUT2D eigenvalue weighted by Gasteiger charge is -2.34. The van der Waals surface area contributed by atoms with Gasteiger partial charge in [0.05, 0.1) is 6.61 Å². The van der Waals surface area contributed by atoms with Gasteiger partial charge in [0.15, 0.2) is 0 Å². The van der Waals surface area contributed by atoms with Crippen LogP contribution in [-0.4, -0.2) is 37.2 Å². The van der Waals surface area contributed by atoms with Gasteiger partial charge in [-0.25, -0.2) is 0 Å². The second-order valence-corrected chi connectivity index (χ2v) is 5.94. The third kappa shape index (κ3) is 2.91. The molecule has 110 valence electrons. The van der Waals surface area contributed by atoms with Gasteiger partial charge in [0, 0.05) is 18.6 Å². The van der Waals surface area contributed by atoms with Crippen molar-refractivity contribution in [3.05, 3.63) is 0 Å². The standard InChI is InChI=1S/C14H24N2O2.ClH/c1-2-18-14(17)12-7-10-9-5-3-4-6-11(9)16-13(10)8-15-12;/h9-13,15-16H,2-8H2,1H3;1H. The number of piperidine rings is 1. The van der Waals surface area contributed by atoms with E-state index >= 15 is 0 Å². The van der Waals surface area contributed by atoms with E-state index in [-0.39, 0.29) is 24.4 Å². The molecule has 0 radical (unpaired) electrons.